The molecule has 0 aromatic heterocycles. The molecular weight excluding hydrogens is 485 g/mol. The second-order valence-corrected chi connectivity index (χ2v) is 10.4. The number of carbonyl (C=O) groups is 1. The molecular formula is C33H35F3O2. The lowest BCUT2D eigenvalue weighted by Crippen LogP contribution is -2.17. The van der Waals surface area contributed by atoms with Crippen molar-refractivity contribution in [2.24, 2.45) is 5.92 Å². The van der Waals surface area contributed by atoms with E-state index in [4.69, 9.17) is 4.74 Å². The molecule has 1 aliphatic carbocycles. The summed E-state index contributed by atoms with van der Waals surface area (Å²) in [6, 6.07) is 17.0. The van der Waals surface area contributed by atoms with E-state index in [1.807, 2.05) is 25.1 Å². The van der Waals surface area contributed by atoms with E-state index in [2.05, 4.69) is 31.2 Å². The van der Waals surface area contributed by atoms with Crippen LogP contribution >= 0.6 is 0 Å². The fraction of sp³-hybridized carbons (Fsp3) is 0.364. The van der Waals surface area contributed by atoms with Crippen molar-refractivity contribution in [3.63, 3.8) is 0 Å². The topological polar surface area (TPSA) is 26.3 Å². The summed E-state index contributed by atoms with van der Waals surface area (Å²) in [6.07, 6.45) is 9.83. The Labute approximate surface area is 223 Å². The monoisotopic (exact) mass is 520 g/mol. The van der Waals surface area contributed by atoms with Gasteiger partial charge in [-0.15, -0.1) is 0 Å². The van der Waals surface area contributed by atoms with Crippen LogP contribution in [0.15, 0.2) is 72.8 Å². The van der Waals surface area contributed by atoms with Gasteiger partial charge in [0.25, 0.3) is 0 Å². The van der Waals surface area contributed by atoms with Crippen molar-refractivity contribution >= 4 is 5.97 Å². The minimum absolute atomic E-state index is 0.0524. The second kappa shape index (κ2) is 12.9. The number of hydrogen-bond donors (Lipinski definition) is 0. The molecule has 0 saturated heterocycles. The average molecular weight is 521 g/mol. The van der Waals surface area contributed by atoms with Gasteiger partial charge in [-0.1, -0.05) is 55.5 Å². The molecule has 0 heterocycles. The summed E-state index contributed by atoms with van der Waals surface area (Å²) in [7, 11) is 0. The largest absolute Gasteiger partial charge is 0.423 e. The van der Waals surface area contributed by atoms with Gasteiger partial charge in [0, 0.05) is 6.07 Å². The van der Waals surface area contributed by atoms with Crippen LogP contribution in [0.5, 0.6) is 5.75 Å². The highest BCUT2D eigenvalue weighted by Gasteiger charge is 2.27. The standard InChI is InChI=1S/C33H35F3O2/c1-3-4-6-11-26-16-17-28(21-29(26)34)38-33(37)32-30(35)19-27(20-31(32)36)25-14-12-23(13-15-25)18-22(2)24-9-7-5-8-10-24/h3-5,7-10,16-17,19-23,25H,6,11-15,18H2,1-2H3/b4-3+. The Kier molecular flexibility index (Phi) is 9.43. The molecule has 2 nitrogen and oxygen atoms in total. The lowest BCUT2D eigenvalue weighted by atomic mass is 9.75. The number of allylic oxidation sites excluding steroid dienone is 2. The molecule has 1 fully saturated rings. The molecule has 0 amide bonds. The van der Waals surface area contributed by atoms with E-state index in [9.17, 15) is 18.0 Å². The first-order valence-corrected chi connectivity index (χ1v) is 13.5. The minimum Gasteiger partial charge on any atom is -0.423 e. The zero-order valence-electron chi connectivity index (χ0n) is 22.1. The summed E-state index contributed by atoms with van der Waals surface area (Å²) >= 11 is 0. The first-order chi connectivity index (χ1) is 18.4. The summed E-state index contributed by atoms with van der Waals surface area (Å²) in [4.78, 5) is 12.6. The van der Waals surface area contributed by atoms with E-state index in [0.29, 0.717) is 35.8 Å². The van der Waals surface area contributed by atoms with Crippen molar-refractivity contribution in [3.8, 4) is 5.75 Å². The highest BCUT2D eigenvalue weighted by atomic mass is 19.1. The normalized spacial score (nSPS) is 18.4. The van der Waals surface area contributed by atoms with Crippen LogP contribution in [0.25, 0.3) is 0 Å². The Morgan fingerprint density at radius 3 is 2.26 bits per heavy atom. The number of rotatable bonds is 9. The zero-order chi connectivity index (χ0) is 27.1. The molecule has 4 rings (SSSR count). The molecule has 1 saturated carbocycles. The van der Waals surface area contributed by atoms with E-state index in [-0.39, 0.29) is 11.7 Å². The van der Waals surface area contributed by atoms with Crippen LogP contribution in [0.2, 0.25) is 0 Å². The maximum absolute atomic E-state index is 15.0. The van der Waals surface area contributed by atoms with Gasteiger partial charge in [-0.05, 0) is 105 Å². The lowest BCUT2D eigenvalue weighted by molar-refractivity contribution is 0.0724. The first kappa shape index (κ1) is 27.7. The Morgan fingerprint density at radius 1 is 0.947 bits per heavy atom. The van der Waals surface area contributed by atoms with Gasteiger partial charge in [-0.25, -0.2) is 18.0 Å². The van der Waals surface area contributed by atoms with Gasteiger partial charge in [0.2, 0.25) is 0 Å². The highest BCUT2D eigenvalue weighted by Crippen LogP contribution is 2.40. The van der Waals surface area contributed by atoms with E-state index < -0.39 is 29.0 Å². The van der Waals surface area contributed by atoms with E-state index in [1.54, 1.807) is 0 Å². The number of ether oxygens (including phenoxy) is 1. The summed E-state index contributed by atoms with van der Waals surface area (Å²) in [5, 5.41) is 0. The van der Waals surface area contributed by atoms with Gasteiger partial charge < -0.3 is 4.74 Å². The Hall–Kier alpha value is -3.34. The summed E-state index contributed by atoms with van der Waals surface area (Å²) in [5.74, 6) is -2.58. The quantitative estimate of drug-likeness (QED) is 0.160. The molecule has 200 valence electrons. The van der Waals surface area contributed by atoms with Crippen molar-refractivity contribution in [1.29, 1.82) is 0 Å². The molecule has 3 aromatic rings. The van der Waals surface area contributed by atoms with Crippen LogP contribution in [-0.4, -0.2) is 5.97 Å². The molecule has 0 N–H and O–H groups in total. The Bertz CT molecular complexity index is 1240. The summed E-state index contributed by atoms with van der Waals surface area (Å²) < 4.78 is 49.4. The number of halogens is 3. The fourth-order valence-electron chi connectivity index (χ4n) is 5.53. The molecule has 1 unspecified atom stereocenters. The van der Waals surface area contributed by atoms with Crippen molar-refractivity contribution in [2.45, 2.75) is 70.6 Å². The van der Waals surface area contributed by atoms with Crippen LogP contribution in [-0.2, 0) is 6.42 Å². The SMILES string of the molecule is C/C=C/CCc1ccc(OC(=O)c2c(F)cc(C3CCC(CC(C)c4ccccc4)CC3)cc2F)cc1F. The number of aryl methyl sites for hydroxylation is 1. The zero-order valence-corrected chi connectivity index (χ0v) is 22.1. The second-order valence-electron chi connectivity index (χ2n) is 10.4. The number of benzene rings is 3. The maximum Gasteiger partial charge on any atom is 0.349 e. The van der Waals surface area contributed by atoms with Crippen LogP contribution in [0.1, 0.15) is 91.3 Å². The molecule has 38 heavy (non-hydrogen) atoms. The third-order valence-electron chi connectivity index (χ3n) is 7.69. The molecule has 0 bridgehead atoms. The van der Waals surface area contributed by atoms with Crippen LogP contribution in [0, 0.1) is 23.4 Å². The van der Waals surface area contributed by atoms with Crippen molar-refractivity contribution in [3.05, 3.63) is 113 Å². The van der Waals surface area contributed by atoms with Crippen molar-refractivity contribution in [2.75, 3.05) is 0 Å². The number of carbonyl (C=O) groups excluding carboxylic acids is 1. The van der Waals surface area contributed by atoms with Gasteiger partial charge >= 0.3 is 5.97 Å². The van der Waals surface area contributed by atoms with Gasteiger partial charge in [0.05, 0.1) is 0 Å². The predicted octanol–water partition coefficient (Wildman–Crippen LogP) is 9.30. The third kappa shape index (κ3) is 6.94. The predicted molar refractivity (Wildman–Crippen MR) is 145 cm³/mol. The molecule has 1 aliphatic rings. The summed E-state index contributed by atoms with van der Waals surface area (Å²) in [5.41, 5.74) is 1.64. The smallest absolute Gasteiger partial charge is 0.349 e. The molecule has 5 heteroatoms. The number of hydrogen-bond acceptors (Lipinski definition) is 2. The lowest BCUT2D eigenvalue weighted by Gasteiger charge is -2.30. The van der Waals surface area contributed by atoms with Crippen LogP contribution < -0.4 is 4.74 Å². The van der Waals surface area contributed by atoms with Crippen LogP contribution in [0.4, 0.5) is 13.2 Å². The maximum atomic E-state index is 15.0. The molecule has 0 aliphatic heterocycles. The Morgan fingerprint density at radius 2 is 1.63 bits per heavy atom. The highest BCUT2D eigenvalue weighted by molar-refractivity contribution is 5.91. The van der Waals surface area contributed by atoms with Gasteiger partial charge in [-0.3, -0.25) is 0 Å². The molecule has 0 radical (unpaired) electrons. The third-order valence-corrected chi connectivity index (χ3v) is 7.69. The molecule has 1 atom stereocenters. The molecule has 3 aromatic carbocycles. The minimum atomic E-state index is -1.17. The van der Waals surface area contributed by atoms with Crippen molar-refractivity contribution in [1.82, 2.24) is 0 Å². The van der Waals surface area contributed by atoms with Crippen molar-refractivity contribution < 1.29 is 22.7 Å². The van der Waals surface area contributed by atoms with Gasteiger partial charge in [-0.2, -0.15) is 0 Å². The van der Waals surface area contributed by atoms with E-state index in [1.165, 1.54) is 29.8 Å². The first-order valence-electron chi connectivity index (χ1n) is 13.5. The van der Waals surface area contributed by atoms with E-state index >= 15 is 0 Å². The average Bonchev–Trinajstić information content (AvgIpc) is 2.90. The van der Waals surface area contributed by atoms with Gasteiger partial charge in [0.1, 0.15) is 28.8 Å². The van der Waals surface area contributed by atoms with Gasteiger partial charge in [0.15, 0.2) is 0 Å². The Balaban J connectivity index is 1.36. The van der Waals surface area contributed by atoms with E-state index in [0.717, 1.165) is 38.2 Å². The number of esters is 1. The fourth-order valence-corrected chi connectivity index (χ4v) is 5.53. The van der Waals surface area contributed by atoms with Crippen LogP contribution in [0.3, 0.4) is 0 Å². The summed E-state index contributed by atoms with van der Waals surface area (Å²) in [6.45, 7) is 4.14. The molecule has 0 spiro atoms.